The summed E-state index contributed by atoms with van der Waals surface area (Å²) in [6.07, 6.45) is 4.83. The summed E-state index contributed by atoms with van der Waals surface area (Å²) >= 11 is 0. The number of ether oxygens (including phenoxy) is 1. The van der Waals surface area contributed by atoms with E-state index in [9.17, 15) is 4.79 Å². The maximum Gasteiger partial charge on any atom is 0.244 e. The van der Waals surface area contributed by atoms with Gasteiger partial charge in [-0.1, -0.05) is 13.8 Å². The van der Waals surface area contributed by atoms with Crippen molar-refractivity contribution < 1.29 is 9.53 Å². The number of pyridine rings is 1. The first-order valence-corrected chi connectivity index (χ1v) is 8.15. The van der Waals surface area contributed by atoms with Crippen molar-refractivity contribution in [2.45, 2.75) is 33.3 Å². The molecule has 2 heterocycles. The van der Waals surface area contributed by atoms with Gasteiger partial charge >= 0.3 is 0 Å². The van der Waals surface area contributed by atoms with E-state index in [2.05, 4.69) is 16.4 Å². The second-order valence-electron chi connectivity index (χ2n) is 5.68. The molecule has 1 saturated carbocycles. The molecular weight excluding hydrogens is 302 g/mol. The van der Waals surface area contributed by atoms with Gasteiger partial charge in [0.15, 0.2) is 0 Å². The lowest BCUT2D eigenvalue weighted by Gasteiger charge is -2.21. The summed E-state index contributed by atoms with van der Waals surface area (Å²) in [7, 11) is 0. The van der Waals surface area contributed by atoms with Gasteiger partial charge in [0.05, 0.1) is 6.07 Å². The first kappa shape index (κ1) is 16.0. The zero-order chi connectivity index (χ0) is 17.2. The number of anilines is 1. The molecule has 1 aromatic heterocycles. The molecule has 1 amide bonds. The Kier molecular flexibility index (Phi) is 4.22. The number of amides is 1. The molecule has 1 aromatic carbocycles. The first-order valence-electron chi connectivity index (χ1n) is 8.15. The minimum absolute atomic E-state index is 0.227. The number of hydrogen-bond donors (Lipinski definition) is 1. The highest BCUT2D eigenvalue weighted by molar-refractivity contribution is 5.99. The number of nitrogens with zero attached hydrogens (tertiary/aromatic N) is 2. The van der Waals surface area contributed by atoms with Gasteiger partial charge in [-0.05, 0) is 36.6 Å². The van der Waals surface area contributed by atoms with Gasteiger partial charge in [-0.25, -0.2) is 0 Å². The molecule has 122 valence electrons. The van der Waals surface area contributed by atoms with Crippen LogP contribution in [0.15, 0.2) is 36.7 Å². The van der Waals surface area contributed by atoms with Crippen LogP contribution in [0, 0.1) is 16.7 Å². The Labute approximate surface area is 141 Å². The van der Waals surface area contributed by atoms with Gasteiger partial charge in [0, 0.05) is 35.3 Å². The Balaban J connectivity index is 0.000000815. The molecule has 0 bridgehead atoms. The zero-order valence-corrected chi connectivity index (χ0v) is 13.8. The van der Waals surface area contributed by atoms with Crippen LogP contribution >= 0.6 is 0 Å². The Morgan fingerprint density at radius 1 is 1.29 bits per heavy atom. The van der Waals surface area contributed by atoms with E-state index in [1.165, 1.54) is 0 Å². The molecule has 0 saturated heterocycles. The van der Waals surface area contributed by atoms with E-state index in [0.717, 1.165) is 22.4 Å². The van der Waals surface area contributed by atoms with E-state index >= 15 is 0 Å². The van der Waals surface area contributed by atoms with Gasteiger partial charge in [0.25, 0.3) is 0 Å². The van der Waals surface area contributed by atoms with Crippen molar-refractivity contribution in [3.63, 3.8) is 0 Å². The summed E-state index contributed by atoms with van der Waals surface area (Å²) in [4.78, 5) is 16.2. The average Bonchev–Trinajstić information content (AvgIpc) is 3.44. The van der Waals surface area contributed by atoms with E-state index in [-0.39, 0.29) is 5.91 Å². The molecule has 0 atom stereocenters. The number of rotatable bonds is 2. The number of carbonyl (C=O) groups excluding carboxylic acids is 1. The van der Waals surface area contributed by atoms with Gasteiger partial charge in [-0.15, -0.1) is 0 Å². The van der Waals surface area contributed by atoms with Crippen LogP contribution in [0.3, 0.4) is 0 Å². The summed E-state index contributed by atoms with van der Waals surface area (Å²) in [6, 6.07) is 9.63. The highest BCUT2D eigenvalue weighted by atomic mass is 16.5. The van der Waals surface area contributed by atoms with Crippen LogP contribution in [-0.4, -0.2) is 10.9 Å². The largest absolute Gasteiger partial charge is 0.488 e. The second kappa shape index (κ2) is 6.32. The zero-order valence-electron chi connectivity index (χ0n) is 13.8. The highest BCUT2D eigenvalue weighted by Crippen LogP contribution is 2.46. The molecule has 1 fully saturated rings. The van der Waals surface area contributed by atoms with E-state index in [1.807, 2.05) is 38.1 Å². The Bertz CT molecular complexity index is 820. The molecular formula is C19H19N3O2. The number of benzene rings is 1. The second-order valence-corrected chi connectivity index (χ2v) is 5.68. The van der Waals surface area contributed by atoms with Crippen molar-refractivity contribution in [1.82, 2.24) is 4.98 Å². The minimum atomic E-state index is -0.824. The van der Waals surface area contributed by atoms with Crippen LogP contribution < -0.4 is 10.1 Å². The van der Waals surface area contributed by atoms with Gasteiger partial charge in [-0.3, -0.25) is 9.78 Å². The highest BCUT2D eigenvalue weighted by Gasteiger charge is 2.50. The molecule has 5 heteroatoms. The third-order valence-corrected chi connectivity index (χ3v) is 4.22. The maximum atomic E-state index is 12.1. The molecule has 1 aliphatic heterocycles. The smallest absolute Gasteiger partial charge is 0.244 e. The standard InChI is InChI=1S/C17H13N3O2.C2H6/c18-10-17(4-5-17)16(21)20-12-1-2-14-13-3-6-19-8-11(13)9-22-15(14)7-12;1-2/h1-3,6-8H,4-5,9H2,(H,20,21);1-2H3. The van der Waals surface area contributed by atoms with Crippen LogP contribution in [0.1, 0.15) is 32.3 Å². The molecule has 4 rings (SSSR count). The van der Waals surface area contributed by atoms with Gasteiger partial charge in [-0.2, -0.15) is 5.26 Å². The summed E-state index contributed by atoms with van der Waals surface area (Å²) in [6.45, 7) is 4.47. The monoisotopic (exact) mass is 321 g/mol. The van der Waals surface area contributed by atoms with Crippen molar-refractivity contribution in [2.24, 2.45) is 5.41 Å². The van der Waals surface area contributed by atoms with E-state index in [0.29, 0.717) is 25.1 Å². The van der Waals surface area contributed by atoms with Gasteiger partial charge in [0.2, 0.25) is 5.91 Å². The fourth-order valence-electron chi connectivity index (χ4n) is 2.67. The van der Waals surface area contributed by atoms with Crippen molar-refractivity contribution >= 4 is 11.6 Å². The van der Waals surface area contributed by atoms with Crippen LogP contribution in [-0.2, 0) is 11.4 Å². The lowest BCUT2D eigenvalue weighted by atomic mass is 9.98. The number of nitriles is 1. The normalized spacial score (nSPS) is 15.4. The topological polar surface area (TPSA) is 75.0 Å². The van der Waals surface area contributed by atoms with Gasteiger partial charge < -0.3 is 10.1 Å². The SMILES string of the molecule is CC.N#CC1(C(=O)Nc2ccc3c(c2)OCc2cnccc2-3)CC1. The number of fused-ring (bicyclic) bond motifs is 3. The quantitative estimate of drug-likeness (QED) is 0.910. The fraction of sp³-hybridized carbons (Fsp3) is 0.316. The maximum absolute atomic E-state index is 12.1. The van der Waals surface area contributed by atoms with Gasteiger partial charge in [0.1, 0.15) is 17.8 Å². The lowest BCUT2D eigenvalue weighted by Crippen LogP contribution is -2.22. The van der Waals surface area contributed by atoms with Crippen molar-refractivity contribution in [3.8, 4) is 22.9 Å². The molecule has 0 spiro atoms. The van der Waals surface area contributed by atoms with Crippen LogP contribution in [0.25, 0.3) is 11.1 Å². The van der Waals surface area contributed by atoms with Crippen molar-refractivity contribution in [2.75, 3.05) is 5.32 Å². The van der Waals surface area contributed by atoms with Crippen LogP contribution in [0.4, 0.5) is 5.69 Å². The Hall–Kier alpha value is -2.87. The van der Waals surface area contributed by atoms with Crippen molar-refractivity contribution in [3.05, 3.63) is 42.2 Å². The molecule has 0 unspecified atom stereocenters. The number of nitrogens with one attached hydrogen (secondary N) is 1. The molecule has 24 heavy (non-hydrogen) atoms. The molecule has 0 radical (unpaired) electrons. The number of aromatic nitrogens is 1. The molecule has 1 aliphatic carbocycles. The van der Waals surface area contributed by atoms with E-state index in [4.69, 9.17) is 10.00 Å². The molecule has 2 aromatic rings. The predicted octanol–water partition coefficient (Wildman–Crippen LogP) is 3.91. The summed E-state index contributed by atoms with van der Waals surface area (Å²) in [5.74, 6) is 0.508. The molecule has 2 aliphatic rings. The molecule has 1 N–H and O–H groups in total. The fourth-order valence-corrected chi connectivity index (χ4v) is 2.67. The van der Waals surface area contributed by atoms with E-state index in [1.54, 1.807) is 12.4 Å². The first-order chi connectivity index (χ1) is 11.7. The third kappa shape index (κ3) is 2.71. The third-order valence-electron chi connectivity index (χ3n) is 4.22. The predicted molar refractivity (Wildman–Crippen MR) is 91.3 cm³/mol. The lowest BCUT2D eigenvalue weighted by molar-refractivity contribution is -0.119. The molecule has 5 nitrogen and oxygen atoms in total. The Morgan fingerprint density at radius 3 is 2.79 bits per heavy atom. The Morgan fingerprint density at radius 2 is 2.08 bits per heavy atom. The van der Waals surface area contributed by atoms with Crippen molar-refractivity contribution in [1.29, 1.82) is 5.26 Å². The summed E-state index contributed by atoms with van der Waals surface area (Å²) in [5, 5.41) is 11.9. The van der Waals surface area contributed by atoms with Crippen LogP contribution in [0.5, 0.6) is 5.75 Å². The van der Waals surface area contributed by atoms with Crippen LogP contribution in [0.2, 0.25) is 0 Å². The summed E-state index contributed by atoms with van der Waals surface area (Å²) < 4.78 is 5.74. The number of carbonyl (C=O) groups is 1. The average molecular weight is 321 g/mol. The minimum Gasteiger partial charge on any atom is -0.488 e. The summed E-state index contributed by atoms with van der Waals surface area (Å²) in [5.41, 5.74) is 2.97. The number of hydrogen-bond acceptors (Lipinski definition) is 4. The van der Waals surface area contributed by atoms with E-state index < -0.39 is 5.41 Å².